The fraction of sp³-hybridized carbons (Fsp3) is 0.214. The molecule has 0 saturated heterocycles. The first-order chi connectivity index (χ1) is 9.61. The van der Waals surface area contributed by atoms with Gasteiger partial charge in [0.1, 0.15) is 6.54 Å². The number of rotatable bonds is 4. The lowest BCUT2D eigenvalue weighted by Gasteiger charge is -2.14. The number of nitrogens with zero attached hydrogens (tertiary/aromatic N) is 3. The Morgan fingerprint density at radius 1 is 1.25 bits per heavy atom. The smallest absolute Gasteiger partial charge is 0.267 e. The summed E-state index contributed by atoms with van der Waals surface area (Å²) in [5.74, 6) is -0.354. The summed E-state index contributed by atoms with van der Waals surface area (Å²) in [5.41, 5.74) is 1.19. The van der Waals surface area contributed by atoms with Crippen LogP contribution in [-0.4, -0.2) is 34.9 Å². The highest BCUT2D eigenvalue weighted by Gasteiger charge is 2.11. The molecule has 0 N–H and O–H groups in total. The molecular weight excluding hydrogens is 258 g/mol. The quantitative estimate of drug-likeness (QED) is 0.777. The number of amides is 1. The Balaban J connectivity index is 2.31. The molecule has 6 heteroatoms. The first kappa shape index (κ1) is 14.0. The molecule has 0 atom stereocenters. The number of hydroxylamine groups is 2. The minimum Gasteiger partial charge on any atom is -0.275 e. The molecule has 0 aliphatic carbocycles. The van der Waals surface area contributed by atoms with Gasteiger partial charge in [-0.15, -0.1) is 0 Å². The predicted molar refractivity (Wildman–Crippen MR) is 73.7 cm³/mol. The van der Waals surface area contributed by atoms with Gasteiger partial charge < -0.3 is 0 Å². The second-order valence-electron chi connectivity index (χ2n) is 4.15. The van der Waals surface area contributed by atoms with Crippen molar-refractivity contribution in [1.29, 1.82) is 0 Å². The molecule has 2 rings (SSSR count). The number of hydrogen-bond acceptors (Lipinski definition) is 4. The van der Waals surface area contributed by atoms with Gasteiger partial charge in [-0.2, -0.15) is 5.10 Å². The van der Waals surface area contributed by atoms with E-state index in [0.717, 1.165) is 15.3 Å². The van der Waals surface area contributed by atoms with Crippen LogP contribution in [-0.2, 0) is 16.2 Å². The summed E-state index contributed by atoms with van der Waals surface area (Å²) >= 11 is 0. The van der Waals surface area contributed by atoms with Gasteiger partial charge >= 0.3 is 0 Å². The Labute approximate surface area is 116 Å². The van der Waals surface area contributed by atoms with Crippen LogP contribution in [0.1, 0.15) is 0 Å². The zero-order valence-corrected chi connectivity index (χ0v) is 11.3. The molecule has 1 aromatic heterocycles. The van der Waals surface area contributed by atoms with Crippen molar-refractivity contribution in [2.45, 2.75) is 6.54 Å². The van der Waals surface area contributed by atoms with Crippen molar-refractivity contribution in [3.05, 3.63) is 52.8 Å². The van der Waals surface area contributed by atoms with E-state index in [1.165, 1.54) is 20.2 Å². The maximum Gasteiger partial charge on any atom is 0.267 e. The van der Waals surface area contributed by atoms with Crippen molar-refractivity contribution < 1.29 is 9.63 Å². The monoisotopic (exact) mass is 273 g/mol. The number of benzene rings is 1. The fourth-order valence-corrected chi connectivity index (χ4v) is 1.65. The lowest BCUT2D eigenvalue weighted by molar-refractivity contribution is -0.169. The molecule has 0 aliphatic rings. The number of carbonyl (C=O) groups is 1. The molecule has 1 amide bonds. The maximum atomic E-state index is 11.7. The molecule has 2 aromatic rings. The third-order valence-corrected chi connectivity index (χ3v) is 2.85. The van der Waals surface area contributed by atoms with Crippen LogP contribution in [0.15, 0.2) is 47.3 Å². The molecule has 1 aromatic carbocycles. The number of aromatic nitrogens is 2. The van der Waals surface area contributed by atoms with Crippen LogP contribution < -0.4 is 5.56 Å². The largest absolute Gasteiger partial charge is 0.275 e. The summed E-state index contributed by atoms with van der Waals surface area (Å²) in [5, 5.41) is 5.26. The molecule has 0 saturated carbocycles. The van der Waals surface area contributed by atoms with Crippen LogP contribution in [0.5, 0.6) is 0 Å². The highest BCUT2D eigenvalue weighted by Crippen LogP contribution is 2.13. The van der Waals surface area contributed by atoms with Crippen molar-refractivity contribution in [2.75, 3.05) is 14.2 Å². The zero-order valence-electron chi connectivity index (χ0n) is 11.3. The van der Waals surface area contributed by atoms with Crippen molar-refractivity contribution in [2.24, 2.45) is 0 Å². The predicted octanol–water partition coefficient (Wildman–Crippen LogP) is 0.930. The van der Waals surface area contributed by atoms with Gasteiger partial charge in [0.2, 0.25) is 0 Å². The number of likely N-dealkylation sites (N-methyl/N-ethyl adjacent to an activating group) is 1. The molecule has 0 spiro atoms. The average molecular weight is 273 g/mol. The van der Waals surface area contributed by atoms with Crippen LogP contribution in [0.2, 0.25) is 0 Å². The highest BCUT2D eigenvalue weighted by atomic mass is 16.7. The van der Waals surface area contributed by atoms with Crippen LogP contribution in [0.4, 0.5) is 0 Å². The second-order valence-corrected chi connectivity index (χ2v) is 4.15. The van der Waals surface area contributed by atoms with Gasteiger partial charge in [-0.05, 0) is 6.07 Å². The van der Waals surface area contributed by atoms with Crippen LogP contribution in [0, 0.1) is 0 Å². The van der Waals surface area contributed by atoms with Crippen molar-refractivity contribution in [1.82, 2.24) is 14.8 Å². The molecule has 20 heavy (non-hydrogen) atoms. The highest BCUT2D eigenvalue weighted by molar-refractivity contribution is 5.74. The van der Waals surface area contributed by atoms with Gasteiger partial charge in [0, 0.05) is 18.7 Å². The Morgan fingerprint density at radius 2 is 1.95 bits per heavy atom. The molecule has 6 nitrogen and oxygen atoms in total. The third-order valence-electron chi connectivity index (χ3n) is 2.85. The van der Waals surface area contributed by atoms with E-state index in [1.54, 1.807) is 6.07 Å². The van der Waals surface area contributed by atoms with Crippen LogP contribution in [0.3, 0.4) is 0 Å². The normalized spacial score (nSPS) is 10.3. The Morgan fingerprint density at radius 3 is 2.60 bits per heavy atom. The minimum absolute atomic E-state index is 0.163. The zero-order chi connectivity index (χ0) is 14.5. The topological polar surface area (TPSA) is 64.4 Å². The van der Waals surface area contributed by atoms with Gasteiger partial charge in [0.05, 0.1) is 12.8 Å². The molecule has 0 fully saturated rings. The first-order valence-electron chi connectivity index (χ1n) is 6.06. The van der Waals surface area contributed by atoms with Gasteiger partial charge in [0.25, 0.3) is 11.5 Å². The Bertz CT molecular complexity index is 652. The summed E-state index contributed by atoms with van der Waals surface area (Å²) in [6, 6.07) is 12.5. The summed E-state index contributed by atoms with van der Waals surface area (Å²) in [6.45, 7) is -0.163. The van der Waals surface area contributed by atoms with Crippen molar-refractivity contribution in [3.8, 4) is 11.3 Å². The van der Waals surface area contributed by atoms with Gasteiger partial charge in [-0.3, -0.25) is 14.4 Å². The summed E-state index contributed by atoms with van der Waals surface area (Å²) in [6.07, 6.45) is 0. The third kappa shape index (κ3) is 3.10. The van der Waals surface area contributed by atoms with Crippen LogP contribution >= 0.6 is 0 Å². The van der Waals surface area contributed by atoms with E-state index >= 15 is 0 Å². The molecular formula is C14H15N3O3. The van der Waals surface area contributed by atoms with E-state index in [0.29, 0.717) is 5.69 Å². The van der Waals surface area contributed by atoms with Crippen molar-refractivity contribution >= 4 is 5.91 Å². The molecule has 0 aliphatic heterocycles. The van der Waals surface area contributed by atoms with Crippen molar-refractivity contribution in [3.63, 3.8) is 0 Å². The number of hydrogen-bond donors (Lipinski definition) is 0. The summed E-state index contributed by atoms with van der Waals surface area (Å²) in [4.78, 5) is 28.3. The Kier molecular flexibility index (Phi) is 4.27. The average Bonchev–Trinajstić information content (AvgIpc) is 2.49. The lowest BCUT2D eigenvalue weighted by atomic mass is 10.1. The fourth-order valence-electron chi connectivity index (χ4n) is 1.65. The molecule has 0 unspecified atom stereocenters. The first-order valence-corrected chi connectivity index (χ1v) is 6.06. The summed E-state index contributed by atoms with van der Waals surface area (Å²) < 4.78 is 1.13. The SMILES string of the molecule is CON(C)C(=O)Cn1nc(-c2ccccc2)ccc1=O. The van der Waals surface area contributed by atoms with E-state index in [-0.39, 0.29) is 18.0 Å². The number of carbonyl (C=O) groups excluding carboxylic acids is 1. The van der Waals surface area contributed by atoms with Gasteiger partial charge in [-0.1, -0.05) is 30.3 Å². The molecule has 0 radical (unpaired) electrons. The van der Waals surface area contributed by atoms with E-state index in [4.69, 9.17) is 4.84 Å². The van der Waals surface area contributed by atoms with E-state index in [2.05, 4.69) is 5.10 Å². The standard InChI is InChI=1S/C14H15N3O3/c1-16(20-2)14(19)10-17-13(18)9-8-12(15-17)11-6-4-3-5-7-11/h3-9H,10H2,1-2H3. The van der Waals surface area contributed by atoms with Gasteiger partial charge in [-0.25, -0.2) is 9.75 Å². The van der Waals surface area contributed by atoms with E-state index in [1.807, 2.05) is 30.3 Å². The van der Waals surface area contributed by atoms with E-state index < -0.39 is 0 Å². The van der Waals surface area contributed by atoms with Crippen LogP contribution in [0.25, 0.3) is 11.3 Å². The molecule has 104 valence electrons. The van der Waals surface area contributed by atoms with E-state index in [9.17, 15) is 9.59 Å². The second kappa shape index (κ2) is 6.12. The summed E-state index contributed by atoms with van der Waals surface area (Å²) in [7, 11) is 2.86. The lowest BCUT2D eigenvalue weighted by Crippen LogP contribution is -2.34. The molecule has 1 heterocycles. The maximum absolute atomic E-state index is 11.7. The molecule has 0 bridgehead atoms. The Hall–Kier alpha value is -2.47. The minimum atomic E-state index is -0.354. The van der Waals surface area contributed by atoms with Gasteiger partial charge in [0.15, 0.2) is 0 Å².